The van der Waals surface area contributed by atoms with E-state index in [-0.39, 0.29) is 11.1 Å². The van der Waals surface area contributed by atoms with Gasteiger partial charge in [0.2, 0.25) is 0 Å². The summed E-state index contributed by atoms with van der Waals surface area (Å²) in [6, 6.07) is 21.6. The molecule has 156 valence electrons. The first-order chi connectivity index (χ1) is 14.0. The van der Waals surface area contributed by atoms with Gasteiger partial charge in [0.25, 0.3) is 8.32 Å². The van der Waals surface area contributed by atoms with Gasteiger partial charge in [-0.3, -0.25) is 4.99 Å². The van der Waals surface area contributed by atoms with E-state index in [2.05, 4.69) is 106 Å². The van der Waals surface area contributed by atoms with E-state index in [1.54, 1.807) is 0 Å². The second kappa shape index (κ2) is 11.3. The normalized spacial score (nSPS) is 14.0. The van der Waals surface area contributed by atoms with Gasteiger partial charge in [0.05, 0.1) is 6.10 Å². The van der Waals surface area contributed by atoms with Gasteiger partial charge < -0.3 is 4.43 Å². The van der Waals surface area contributed by atoms with Crippen LogP contribution in [0, 0.1) is 0 Å². The Labute approximate surface area is 178 Å². The van der Waals surface area contributed by atoms with Crippen LogP contribution in [0.15, 0.2) is 77.8 Å². The fraction of sp³-hybridized carbons (Fsp3) is 0.423. The van der Waals surface area contributed by atoms with Crippen LogP contribution in [0.2, 0.25) is 5.04 Å². The number of allylic oxidation sites excluding steroid dienone is 1. The molecule has 0 radical (unpaired) electrons. The smallest absolute Gasteiger partial charge is 0.262 e. The van der Waals surface area contributed by atoms with Crippen molar-refractivity contribution in [2.45, 2.75) is 64.5 Å². The minimum absolute atomic E-state index is 0.0361. The molecule has 0 amide bonds. The van der Waals surface area contributed by atoms with Gasteiger partial charge in [-0.1, -0.05) is 113 Å². The Morgan fingerprint density at radius 3 is 1.93 bits per heavy atom. The molecule has 2 nitrogen and oxygen atoms in total. The summed E-state index contributed by atoms with van der Waals surface area (Å²) in [5.41, 5.74) is 0. The number of benzene rings is 2. The molecule has 2 aromatic rings. The molecule has 0 spiro atoms. The molecule has 0 saturated carbocycles. The molecule has 0 heterocycles. The van der Waals surface area contributed by atoms with Gasteiger partial charge in [-0.2, -0.15) is 0 Å². The molecule has 0 aliphatic rings. The summed E-state index contributed by atoms with van der Waals surface area (Å²) in [7, 11) is -0.741. The van der Waals surface area contributed by atoms with Crippen molar-refractivity contribution < 1.29 is 4.43 Å². The topological polar surface area (TPSA) is 21.6 Å². The number of nitrogens with zero attached hydrogens (tertiary/aromatic N) is 1. The summed E-state index contributed by atoms with van der Waals surface area (Å²) in [6.45, 7) is 9.17. The summed E-state index contributed by atoms with van der Waals surface area (Å²) in [5, 5.41) is 2.56. The molecule has 0 unspecified atom stereocenters. The molecule has 2 aromatic carbocycles. The number of aliphatic imine (C=N–C) groups is 1. The van der Waals surface area contributed by atoms with Crippen LogP contribution in [-0.4, -0.2) is 27.7 Å². The van der Waals surface area contributed by atoms with Crippen molar-refractivity contribution in [2.75, 3.05) is 7.05 Å². The Morgan fingerprint density at radius 2 is 1.48 bits per heavy atom. The van der Waals surface area contributed by atoms with Gasteiger partial charge in [0.1, 0.15) is 0 Å². The van der Waals surface area contributed by atoms with Crippen LogP contribution in [-0.2, 0) is 4.43 Å². The number of rotatable bonds is 10. The van der Waals surface area contributed by atoms with Crippen LogP contribution in [0.5, 0.6) is 0 Å². The standard InChI is InChI=1S/C26H37NOSi/c1-6-7-8-9-12-17-23(22-27-5)28-29(26(2,3)4,24-18-13-10-14-19-24)25-20-15-11-16-21-25/h10-23H,6-9H2,1-5H3/b17-12+,27-22?/t23-/m1/s1. The minimum Gasteiger partial charge on any atom is -0.396 e. The van der Waals surface area contributed by atoms with E-state index >= 15 is 0 Å². The molecule has 3 heteroatoms. The molecule has 29 heavy (non-hydrogen) atoms. The third-order valence-electron chi connectivity index (χ3n) is 5.33. The third kappa shape index (κ3) is 6.00. The van der Waals surface area contributed by atoms with E-state index in [1.165, 1.54) is 29.6 Å². The molecule has 2 rings (SSSR count). The van der Waals surface area contributed by atoms with E-state index in [0.717, 1.165) is 6.42 Å². The van der Waals surface area contributed by atoms with E-state index in [1.807, 2.05) is 13.3 Å². The van der Waals surface area contributed by atoms with Gasteiger partial charge in [-0.05, 0) is 28.3 Å². The molecular formula is C26H37NOSi. The first-order valence-corrected chi connectivity index (χ1v) is 12.7. The highest BCUT2D eigenvalue weighted by Crippen LogP contribution is 2.37. The van der Waals surface area contributed by atoms with E-state index < -0.39 is 8.32 Å². The number of hydrogen-bond donors (Lipinski definition) is 0. The molecule has 0 aliphatic heterocycles. The van der Waals surface area contributed by atoms with Gasteiger partial charge in [-0.25, -0.2) is 0 Å². The monoisotopic (exact) mass is 407 g/mol. The number of hydrogen-bond acceptors (Lipinski definition) is 2. The SMILES string of the molecule is CCCCC/C=C/[C@H](C=NC)O[Si](c1ccccc1)(c1ccccc1)C(C)(C)C. The Hall–Kier alpha value is -1.97. The molecule has 0 bridgehead atoms. The van der Waals surface area contributed by atoms with Crippen molar-refractivity contribution in [1.82, 2.24) is 0 Å². The molecule has 1 atom stereocenters. The predicted molar refractivity (Wildman–Crippen MR) is 130 cm³/mol. The van der Waals surface area contributed by atoms with Crippen molar-refractivity contribution >= 4 is 24.9 Å². The molecular weight excluding hydrogens is 370 g/mol. The van der Waals surface area contributed by atoms with Gasteiger partial charge in [0, 0.05) is 13.3 Å². The minimum atomic E-state index is -2.57. The Bertz CT molecular complexity index is 723. The molecule has 0 N–H and O–H groups in total. The van der Waals surface area contributed by atoms with Crippen molar-refractivity contribution in [2.24, 2.45) is 4.99 Å². The quantitative estimate of drug-likeness (QED) is 0.212. The Kier molecular flexibility index (Phi) is 9.06. The molecule has 0 aromatic heterocycles. The first-order valence-electron chi connectivity index (χ1n) is 10.8. The largest absolute Gasteiger partial charge is 0.396 e. The fourth-order valence-electron chi connectivity index (χ4n) is 3.90. The van der Waals surface area contributed by atoms with Crippen LogP contribution in [0.3, 0.4) is 0 Å². The average molecular weight is 408 g/mol. The van der Waals surface area contributed by atoms with Crippen molar-refractivity contribution in [3.63, 3.8) is 0 Å². The van der Waals surface area contributed by atoms with Crippen LogP contribution in [0.25, 0.3) is 0 Å². The maximum Gasteiger partial charge on any atom is 0.262 e. The molecule has 0 saturated heterocycles. The van der Waals surface area contributed by atoms with E-state index in [9.17, 15) is 0 Å². The highest BCUT2D eigenvalue weighted by atomic mass is 28.4. The lowest BCUT2D eigenvalue weighted by molar-refractivity contribution is 0.296. The summed E-state index contributed by atoms with van der Waals surface area (Å²) >= 11 is 0. The zero-order valence-electron chi connectivity index (χ0n) is 18.8. The van der Waals surface area contributed by atoms with E-state index in [4.69, 9.17) is 4.43 Å². The lowest BCUT2D eigenvalue weighted by atomic mass is 10.2. The second-order valence-electron chi connectivity index (χ2n) is 8.58. The number of unbranched alkanes of at least 4 members (excludes halogenated alkanes) is 3. The van der Waals surface area contributed by atoms with Crippen LogP contribution >= 0.6 is 0 Å². The Morgan fingerprint density at radius 1 is 0.931 bits per heavy atom. The summed E-state index contributed by atoms with van der Waals surface area (Å²) in [4.78, 5) is 4.33. The maximum atomic E-state index is 7.12. The van der Waals surface area contributed by atoms with Gasteiger partial charge in [0.15, 0.2) is 0 Å². The highest BCUT2D eigenvalue weighted by Gasteiger charge is 2.51. The zero-order chi connectivity index (χ0) is 21.2. The first kappa shape index (κ1) is 23.3. The van der Waals surface area contributed by atoms with Crippen LogP contribution in [0.4, 0.5) is 0 Å². The van der Waals surface area contributed by atoms with E-state index in [0.29, 0.717) is 0 Å². The van der Waals surface area contributed by atoms with Crippen molar-refractivity contribution in [3.8, 4) is 0 Å². The van der Waals surface area contributed by atoms with Gasteiger partial charge in [-0.15, -0.1) is 0 Å². The lowest BCUT2D eigenvalue weighted by Crippen LogP contribution is -2.67. The lowest BCUT2D eigenvalue weighted by Gasteiger charge is -2.44. The van der Waals surface area contributed by atoms with Gasteiger partial charge >= 0.3 is 0 Å². The fourth-order valence-corrected chi connectivity index (χ4v) is 8.47. The summed E-state index contributed by atoms with van der Waals surface area (Å²) in [6.07, 6.45) is 11.1. The Balaban J connectivity index is 2.51. The second-order valence-corrected chi connectivity index (χ2v) is 12.8. The molecule has 0 fully saturated rings. The summed E-state index contributed by atoms with van der Waals surface area (Å²) in [5.74, 6) is 0. The van der Waals surface area contributed by atoms with Crippen LogP contribution < -0.4 is 10.4 Å². The summed E-state index contributed by atoms with van der Waals surface area (Å²) < 4.78 is 7.12. The highest BCUT2D eigenvalue weighted by molar-refractivity contribution is 6.99. The maximum absolute atomic E-state index is 7.12. The average Bonchev–Trinajstić information content (AvgIpc) is 2.72. The van der Waals surface area contributed by atoms with Crippen molar-refractivity contribution in [3.05, 3.63) is 72.8 Å². The predicted octanol–water partition coefficient (Wildman–Crippen LogP) is 5.77. The van der Waals surface area contributed by atoms with Crippen molar-refractivity contribution in [1.29, 1.82) is 0 Å². The molecule has 0 aliphatic carbocycles. The zero-order valence-corrected chi connectivity index (χ0v) is 19.8. The van der Waals surface area contributed by atoms with Crippen LogP contribution in [0.1, 0.15) is 53.4 Å². The third-order valence-corrected chi connectivity index (χ3v) is 10.4.